The molecule has 3 nitrogen and oxygen atoms in total. The van der Waals surface area contributed by atoms with Crippen LogP contribution in [0, 0.1) is 5.92 Å². The van der Waals surface area contributed by atoms with Gasteiger partial charge in [-0.1, -0.05) is 53.0 Å². The quantitative estimate of drug-likeness (QED) is 0.346. The number of rotatable bonds is 4. The van der Waals surface area contributed by atoms with Crippen molar-refractivity contribution < 1.29 is 9.53 Å². The smallest absolute Gasteiger partial charge is 0.313 e. The topological polar surface area (TPSA) is 38.7 Å². The zero-order chi connectivity index (χ0) is 17.0. The Bertz CT molecular complexity index is 740. The van der Waals surface area contributed by atoms with Crippen molar-refractivity contribution in [2.45, 2.75) is 13.8 Å². The predicted octanol–water partition coefficient (Wildman–Crippen LogP) is 6.07. The van der Waals surface area contributed by atoms with Gasteiger partial charge in [0, 0.05) is 26.3 Å². The molecule has 2 aromatic rings. The lowest BCUT2D eigenvalue weighted by atomic mass is 10.2. The molecule has 0 heterocycles. The number of hydrogen-bond donors (Lipinski definition) is 0. The van der Waals surface area contributed by atoms with Gasteiger partial charge in [-0.2, -0.15) is 0 Å². The lowest BCUT2D eigenvalue weighted by Crippen LogP contribution is -2.15. The highest BCUT2D eigenvalue weighted by Crippen LogP contribution is 2.26. The van der Waals surface area contributed by atoms with E-state index in [0.717, 1.165) is 4.47 Å². The van der Waals surface area contributed by atoms with E-state index in [-0.39, 0.29) is 11.9 Å². The number of halogens is 3. The summed E-state index contributed by atoms with van der Waals surface area (Å²) in [5, 5.41) is 1.01. The molecule has 0 atom stereocenters. The van der Waals surface area contributed by atoms with Crippen molar-refractivity contribution in [2.24, 2.45) is 10.9 Å². The molecular formula is C17H14BrCl2NO2. The number of carbonyl (C=O) groups is 1. The van der Waals surface area contributed by atoms with Crippen LogP contribution < -0.4 is 4.74 Å². The second kappa shape index (κ2) is 7.95. The van der Waals surface area contributed by atoms with Crippen molar-refractivity contribution in [1.82, 2.24) is 0 Å². The summed E-state index contributed by atoms with van der Waals surface area (Å²) in [5.41, 5.74) is 1.29. The van der Waals surface area contributed by atoms with E-state index in [2.05, 4.69) is 20.9 Å². The van der Waals surface area contributed by atoms with E-state index < -0.39 is 0 Å². The van der Waals surface area contributed by atoms with E-state index in [1.807, 2.05) is 6.07 Å². The average molecular weight is 415 g/mol. The fourth-order valence-electron chi connectivity index (χ4n) is 1.70. The minimum atomic E-state index is -0.298. The zero-order valence-electron chi connectivity index (χ0n) is 12.5. The molecule has 23 heavy (non-hydrogen) atoms. The van der Waals surface area contributed by atoms with Crippen LogP contribution in [0.4, 0.5) is 5.69 Å². The van der Waals surface area contributed by atoms with Gasteiger partial charge >= 0.3 is 5.97 Å². The molecule has 0 radical (unpaired) electrons. The molecule has 0 aliphatic rings. The molecular weight excluding hydrogens is 401 g/mol. The van der Waals surface area contributed by atoms with Crippen LogP contribution in [0.1, 0.15) is 19.4 Å². The Morgan fingerprint density at radius 3 is 2.43 bits per heavy atom. The van der Waals surface area contributed by atoms with Gasteiger partial charge in [0.25, 0.3) is 0 Å². The maximum Gasteiger partial charge on any atom is 0.313 e. The van der Waals surface area contributed by atoms with Crippen molar-refractivity contribution in [3.8, 4) is 5.75 Å². The SMILES string of the molecule is CC(C)C(=O)Oc1ccc(Br)cc1C=Nc1cc(Cl)cc(Cl)c1. The molecule has 6 heteroatoms. The van der Waals surface area contributed by atoms with Crippen LogP contribution in [0.25, 0.3) is 0 Å². The third kappa shape index (κ3) is 5.34. The van der Waals surface area contributed by atoms with E-state index >= 15 is 0 Å². The summed E-state index contributed by atoms with van der Waals surface area (Å²) in [5.74, 6) is -0.0632. The molecule has 2 aromatic carbocycles. The molecule has 0 saturated heterocycles. The second-order valence-corrected chi connectivity index (χ2v) is 6.93. The average Bonchev–Trinajstić information content (AvgIpc) is 2.46. The molecule has 2 rings (SSSR count). The van der Waals surface area contributed by atoms with Crippen LogP contribution in [0.15, 0.2) is 45.9 Å². The molecule has 0 unspecified atom stereocenters. The van der Waals surface area contributed by atoms with Crippen LogP contribution in [0.2, 0.25) is 10.0 Å². The number of esters is 1. The Labute approximate surface area is 153 Å². The first-order valence-electron chi connectivity index (χ1n) is 6.86. The summed E-state index contributed by atoms with van der Waals surface area (Å²) in [6.45, 7) is 3.56. The maximum atomic E-state index is 11.8. The van der Waals surface area contributed by atoms with Gasteiger partial charge in [0.1, 0.15) is 5.75 Å². The highest BCUT2D eigenvalue weighted by molar-refractivity contribution is 9.10. The summed E-state index contributed by atoms with van der Waals surface area (Å²) >= 11 is 15.3. The molecule has 0 N–H and O–H groups in total. The fraction of sp³-hybridized carbons (Fsp3) is 0.176. The maximum absolute atomic E-state index is 11.8. The Kier molecular flexibility index (Phi) is 6.22. The number of nitrogens with zero attached hydrogens (tertiary/aromatic N) is 1. The number of aliphatic imine (C=N–C) groups is 1. The highest BCUT2D eigenvalue weighted by atomic mass is 79.9. The van der Waals surface area contributed by atoms with Gasteiger partial charge in [0.05, 0.1) is 11.6 Å². The first-order valence-corrected chi connectivity index (χ1v) is 8.41. The number of carbonyl (C=O) groups excluding carboxylic acids is 1. The summed E-state index contributed by atoms with van der Waals surface area (Å²) in [6, 6.07) is 10.4. The van der Waals surface area contributed by atoms with E-state index in [1.165, 1.54) is 0 Å². The van der Waals surface area contributed by atoms with Gasteiger partial charge < -0.3 is 4.74 Å². The monoisotopic (exact) mass is 413 g/mol. The Balaban J connectivity index is 2.32. The molecule has 0 aliphatic carbocycles. The largest absolute Gasteiger partial charge is 0.426 e. The molecule has 0 bridgehead atoms. The van der Waals surface area contributed by atoms with Crippen molar-refractivity contribution >= 4 is 57.0 Å². The lowest BCUT2D eigenvalue weighted by Gasteiger charge is -2.09. The molecule has 0 aromatic heterocycles. The summed E-state index contributed by atoms with van der Waals surface area (Å²) in [6.07, 6.45) is 1.61. The van der Waals surface area contributed by atoms with E-state index in [4.69, 9.17) is 27.9 Å². The van der Waals surface area contributed by atoms with Crippen molar-refractivity contribution in [2.75, 3.05) is 0 Å². The number of ether oxygens (including phenoxy) is 1. The van der Waals surface area contributed by atoms with E-state index in [1.54, 1.807) is 50.4 Å². The zero-order valence-corrected chi connectivity index (χ0v) is 15.6. The Morgan fingerprint density at radius 1 is 1.17 bits per heavy atom. The van der Waals surface area contributed by atoms with Gasteiger partial charge in [-0.25, -0.2) is 0 Å². The lowest BCUT2D eigenvalue weighted by molar-refractivity contribution is -0.137. The molecule has 120 valence electrons. The first-order chi connectivity index (χ1) is 10.8. The second-order valence-electron chi connectivity index (χ2n) is 5.14. The molecule has 0 spiro atoms. The van der Waals surface area contributed by atoms with Gasteiger partial charge in [-0.3, -0.25) is 9.79 Å². The number of benzene rings is 2. The van der Waals surface area contributed by atoms with Crippen LogP contribution in [0.3, 0.4) is 0 Å². The Hall–Kier alpha value is -1.36. The standard InChI is InChI=1S/C17H14BrCl2NO2/c1-10(2)17(22)23-16-4-3-12(18)5-11(16)9-21-15-7-13(19)6-14(20)8-15/h3-10H,1-2H3. The molecule has 0 aliphatic heterocycles. The normalized spacial score (nSPS) is 11.2. The van der Waals surface area contributed by atoms with Gasteiger partial charge in [-0.15, -0.1) is 0 Å². The Morgan fingerprint density at radius 2 is 1.83 bits per heavy atom. The van der Waals surface area contributed by atoms with Crippen LogP contribution in [-0.4, -0.2) is 12.2 Å². The minimum absolute atomic E-state index is 0.213. The van der Waals surface area contributed by atoms with E-state index in [9.17, 15) is 4.79 Å². The van der Waals surface area contributed by atoms with Crippen molar-refractivity contribution in [3.05, 3.63) is 56.5 Å². The van der Waals surface area contributed by atoms with Crippen LogP contribution in [0.5, 0.6) is 5.75 Å². The van der Waals surface area contributed by atoms with E-state index in [0.29, 0.717) is 27.0 Å². The van der Waals surface area contributed by atoms with Gasteiger partial charge in [0.2, 0.25) is 0 Å². The summed E-state index contributed by atoms with van der Waals surface area (Å²) in [4.78, 5) is 16.1. The first kappa shape index (κ1) is 18.0. The highest BCUT2D eigenvalue weighted by Gasteiger charge is 2.12. The van der Waals surface area contributed by atoms with Crippen LogP contribution in [-0.2, 0) is 4.79 Å². The van der Waals surface area contributed by atoms with Gasteiger partial charge in [-0.05, 0) is 36.4 Å². The summed E-state index contributed by atoms with van der Waals surface area (Å²) < 4.78 is 6.25. The number of hydrogen-bond acceptors (Lipinski definition) is 3. The predicted molar refractivity (Wildman–Crippen MR) is 98.3 cm³/mol. The molecule has 0 amide bonds. The molecule has 0 saturated carbocycles. The third-order valence-electron chi connectivity index (χ3n) is 2.85. The van der Waals surface area contributed by atoms with Crippen molar-refractivity contribution in [3.63, 3.8) is 0 Å². The van der Waals surface area contributed by atoms with Crippen molar-refractivity contribution in [1.29, 1.82) is 0 Å². The van der Waals surface area contributed by atoms with Gasteiger partial charge in [0.15, 0.2) is 0 Å². The fourth-order valence-corrected chi connectivity index (χ4v) is 2.59. The minimum Gasteiger partial charge on any atom is -0.426 e. The van der Waals surface area contributed by atoms with Crippen LogP contribution >= 0.6 is 39.1 Å². The summed E-state index contributed by atoms with van der Waals surface area (Å²) in [7, 11) is 0. The third-order valence-corrected chi connectivity index (χ3v) is 3.78. The molecule has 0 fully saturated rings.